The highest BCUT2D eigenvalue weighted by Crippen LogP contribution is 2.24. The smallest absolute Gasteiger partial charge is 0.236 e. The van der Waals surface area contributed by atoms with Gasteiger partial charge in [0.05, 0.1) is 28.1 Å². The first kappa shape index (κ1) is 17.6. The van der Waals surface area contributed by atoms with Crippen LogP contribution in [0.25, 0.3) is 0 Å². The van der Waals surface area contributed by atoms with E-state index in [0.717, 1.165) is 5.69 Å². The van der Waals surface area contributed by atoms with Gasteiger partial charge in [-0.15, -0.1) is 0 Å². The first-order valence-electron chi connectivity index (χ1n) is 7.63. The average Bonchev–Trinajstić information content (AvgIpc) is 2.96. The third-order valence-corrected chi connectivity index (χ3v) is 7.57. The van der Waals surface area contributed by atoms with Gasteiger partial charge in [0.25, 0.3) is 0 Å². The number of sulfone groups is 1. The summed E-state index contributed by atoms with van der Waals surface area (Å²) >= 11 is 0. The number of anilines is 1. The first-order chi connectivity index (χ1) is 11.8. The molecule has 3 rings (SSSR count). The van der Waals surface area contributed by atoms with E-state index >= 15 is 0 Å². The Bertz CT molecular complexity index is 970. The van der Waals surface area contributed by atoms with Crippen LogP contribution in [-0.2, 0) is 19.9 Å². The zero-order chi connectivity index (χ0) is 17.9. The summed E-state index contributed by atoms with van der Waals surface area (Å²) in [5.74, 6) is -0.414. The third kappa shape index (κ3) is 4.64. The van der Waals surface area contributed by atoms with Gasteiger partial charge in [0, 0.05) is 5.69 Å². The number of rotatable bonds is 5. The molecule has 1 heterocycles. The fraction of sp³-hybridized carbons (Fsp3) is 0.250. The van der Waals surface area contributed by atoms with Crippen LogP contribution in [0.4, 0.5) is 17.1 Å². The number of hydrogen-bond donors (Lipinski definition) is 1. The molecular formula is C16H17N3O4S2. The van der Waals surface area contributed by atoms with Crippen molar-refractivity contribution in [1.82, 2.24) is 0 Å². The van der Waals surface area contributed by atoms with E-state index in [-0.39, 0.29) is 17.9 Å². The molecular weight excluding hydrogens is 362 g/mol. The van der Waals surface area contributed by atoms with Crippen molar-refractivity contribution in [2.24, 2.45) is 10.2 Å². The van der Waals surface area contributed by atoms with Crippen LogP contribution in [0, 0.1) is 0 Å². The van der Waals surface area contributed by atoms with Gasteiger partial charge >= 0.3 is 0 Å². The van der Waals surface area contributed by atoms with E-state index in [2.05, 4.69) is 15.0 Å². The Labute approximate surface area is 146 Å². The molecule has 0 aliphatic carbocycles. The van der Waals surface area contributed by atoms with E-state index in [0.29, 0.717) is 11.4 Å². The molecule has 1 aliphatic rings. The van der Waals surface area contributed by atoms with E-state index in [1.807, 2.05) is 30.3 Å². The van der Waals surface area contributed by atoms with E-state index in [4.69, 9.17) is 0 Å². The predicted molar refractivity (Wildman–Crippen MR) is 96.7 cm³/mol. The summed E-state index contributed by atoms with van der Waals surface area (Å²) in [5, 5.41) is 7.25. The zero-order valence-corrected chi connectivity index (χ0v) is 14.9. The monoisotopic (exact) mass is 379 g/mol. The summed E-state index contributed by atoms with van der Waals surface area (Å²) in [6.45, 7) is 0. The molecule has 1 fully saturated rings. The van der Waals surface area contributed by atoms with Gasteiger partial charge < -0.3 is 0 Å². The summed E-state index contributed by atoms with van der Waals surface area (Å²) in [5.41, 5.74) is 1.66. The van der Waals surface area contributed by atoms with E-state index in [9.17, 15) is 16.8 Å². The maximum Gasteiger partial charge on any atom is 0.236 e. The largest absolute Gasteiger partial charge is 0.283 e. The second-order valence-corrected chi connectivity index (χ2v) is 9.94. The number of benzene rings is 2. The minimum Gasteiger partial charge on any atom is -0.283 e. The molecule has 0 radical (unpaired) electrons. The summed E-state index contributed by atoms with van der Waals surface area (Å²) in [6.07, 6.45) is 0.126. The van der Waals surface area contributed by atoms with Crippen molar-refractivity contribution in [1.29, 1.82) is 0 Å². The van der Waals surface area contributed by atoms with Crippen LogP contribution in [0.15, 0.2) is 64.8 Å². The van der Waals surface area contributed by atoms with Gasteiger partial charge in [-0.25, -0.2) is 16.8 Å². The first-order valence-corrected chi connectivity index (χ1v) is 11.0. The number of nitrogens with zero attached hydrogens (tertiary/aromatic N) is 2. The Morgan fingerprint density at radius 2 is 1.52 bits per heavy atom. The molecule has 25 heavy (non-hydrogen) atoms. The molecule has 0 amide bonds. The molecule has 7 nitrogen and oxygen atoms in total. The second kappa shape index (κ2) is 6.93. The molecule has 0 spiro atoms. The predicted octanol–water partition coefficient (Wildman–Crippen LogP) is 3.03. The zero-order valence-electron chi connectivity index (χ0n) is 13.2. The van der Waals surface area contributed by atoms with Crippen molar-refractivity contribution in [2.45, 2.75) is 11.7 Å². The second-order valence-electron chi connectivity index (χ2n) is 5.75. The molecule has 0 aromatic heterocycles. The number of nitrogens with one attached hydrogen (secondary N) is 1. The fourth-order valence-electron chi connectivity index (χ4n) is 2.46. The molecule has 1 unspecified atom stereocenters. The lowest BCUT2D eigenvalue weighted by Gasteiger charge is -2.12. The van der Waals surface area contributed by atoms with Crippen LogP contribution in [0.2, 0.25) is 0 Å². The normalized spacial score (nSPS) is 19.9. The van der Waals surface area contributed by atoms with Crippen molar-refractivity contribution >= 4 is 36.9 Å². The fourth-order valence-corrected chi connectivity index (χ4v) is 6.55. The van der Waals surface area contributed by atoms with Crippen molar-refractivity contribution in [3.05, 3.63) is 54.6 Å². The average molecular weight is 379 g/mol. The molecule has 0 bridgehead atoms. The summed E-state index contributed by atoms with van der Waals surface area (Å²) in [7, 11) is -6.99. The highest BCUT2D eigenvalue weighted by molar-refractivity contribution is 7.97. The molecule has 1 aliphatic heterocycles. The van der Waals surface area contributed by atoms with Crippen LogP contribution < -0.4 is 4.72 Å². The topological polar surface area (TPSA) is 105 Å². The Morgan fingerprint density at radius 1 is 0.920 bits per heavy atom. The summed E-state index contributed by atoms with van der Waals surface area (Å²) in [4.78, 5) is 0. The Balaban J connectivity index is 1.67. The maximum absolute atomic E-state index is 12.3. The Hall–Kier alpha value is -2.26. The molecule has 132 valence electrons. The standard InChI is InChI=1S/C16H17N3O4S2/c20-24(21)11-10-16(12-24)25(22,23)19-15-8-6-14(7-9-15)18-17-13-4-2-1-3-5-13/h1-9,16,19H,10-12H2. The molecule has 9 heteroatoms. The van der Waals surface area contributed by atoms with Crippen molar-refractivity contribution in [3.8, 4) is 0 Å². The van der Waals surface area contributed by atoms with Crippen LogP contribution in [0.5, 0.6) is 0 Å². The van der Waals surface area contributed by atoms with Gasteiger partial charge in [-0.05, 0) is 42.8 Å². The van der Waals surface area contributed by atoms with Crippen LogP contribution in [0.1, 0.15) is 6.42 Å². The lowest BCUT2D eigenvalue weighted by Crippen LogP contribution is -2.28. The Kier molecular flexibility index (Phi) is 4.87. The highest BCUT2D eigenvalue weighted by atomic mass is 32.2. The van der Waals surface area contributed by atoms with Crippen LogP contribution in [-0.4, -0.2) is 33.6 Å². The van der Waals surface area contributed by atoms with Crippen LogP contribution in [0.3, 0.4) is 0 Å². The minimum atomic E-state index is -3.74. The van der Waals surface area contributed by atoms with E-state index in [1.165, 1.54) is 0 Å². The molecule has 1 saturated heterocycles. The maximum atomic E-state index is 12.3. The lowest BCUT2D eigenvalue weighted by atomic mass is 10.3. The molecule has 1 atom stereocenters. The van der Waals surface area contributed by atoms with Gasteiger partial charge in [0.15, 0.2) is 9.84 Å². The van der Waals surface area contributed by atoms with Gasteiger partial charge in [-0.1, -0.05) is 18.2 Å². The van der Waals surface area contributed by atoms with Crippen molar-refractivity contribution in [3.63, 3.8) is 0 Å². The molecule has 2 aromatic rings. The van der Waals surface area contributed by atoms with Crippen molar-refractivity contribution in [2.75, 3.05) is 16.2 Å². The van der Waals surface area contributed by atoms with Gasteiger partial charge in [-0.3, -0.25) is 4.72 Å². The van der Waals surface area contributed by atoms with Gasteiger partial charge in [-0.2, -0.15) is 10.2 Å². The van der Waals surface area contributed by atoms with Crippen molar-refractivity contribution < 1.29 is 16.8 Å². The quantitative estimate of drug-likeness (QED) is 0.806. The summed E-state index contributed by atoms with van der Waals surface area (Å²) < 4.78 is 49.9. The lowest BCUT2D eigenvalue weighted by molar-refractivity contribution is 0.587. The number of hydrogen-bond acceptors (Lipinski definition) is 6. The molecule has 2 aromatic carbocycles. The Morgan fingerprint density at radius 3 is 2.08 bits per heavy atom. The van der Waals surface area contributed by atoms with Gasteiger partial charge in [0.2, 0.25) is 10.0 Å². The molecule has 0 saturated carbocycles. The van der Waals surface area contributed by atoms with E-state index in [1.54, 1.807) is 24.3 Å². The SMILES string of the molecule is O=S1(=O)CCC(S(=O)(=O)Nc2ccc(N=Nc3ccccc3)cc2)C1. The third-order valence-electron chi connectivity index (χ3n) is 3.79. The number of azo groups is 1. The summed E-state index contributed by atoms with van der Waals surface area (Å²) in [6, 6.07) is 15.6. The van der Waals surface area contributed by atoms with E-state index < -0.39 is 25.1 Å². The molecule has 1 N–H and O–H groups in total. The van der Waals surface area contributed by atoms with Gasteiger partial charge in [0.1, 0.15) is 0 Å². The number of sulfonamides is 1. The minimum absolute atomic E-state index is 0.0859. The highest BCUT2D eigenvalue weighted by Gasteiger charge is 2.37. The van der Waals surface area contributed by atoms with Crippen LogP contribution >= 0.6 is 0 Å².